The van der Waals surface area contributed by atoms with Crippen molar-refractivity contribution in [1.82, 2.24) is 0 Å². The zero-order valence-corrected chi connectivity index (χ0v) is 4.48. The fourth-order valence-corrected chi connectivity index (χ4v) is 0.222. The van der Waals surface area contributed by atoms with E-state index in [1.807, 2.05) is 0 Å². The second kappa shape index (κ2) is 4.02. The molecule has 0 atom stereocenters. The van der Waals surface area contributed by atoms with Crippen LogP contribution < -0.4 is 0 Å². The average molecular weight is 108 g/mol. The maximum Gasteiger partial charge on any atom is 0.185 e. The molecule has 0 aliphatic heterocycles. The van der Waals surface area contributed by atoms with E-state index in [4.69, 9.17) is 0 Å². The molecule has 0 fully saturated rings. The third-order valence-corrected chi connectivity index (χ3v) is 0.652. The summed E-state index contributed by atoms with van der Waals surface area (Å²) >= 11 is 0. The molecule has 0 amide bonds. The van der Waals surface area contributed by atoms with Crippen LogP contribution in [0.25, 0.3) is 0 Å². The molecule has 0 aromatic carbocycles. The van der Waals surface area contributed by atoms with Crippen LogP contribution in [0.2, 0.25) is 0 Å². The Kier molecular flexibility index (Phi) is 3.93. The van der Waals surface area contributed by atoms with Crippen LogP contribution in [0, 0.1) is 0 Å². The van der Waals surface area contributed by atoms with Crippen LogP contribution in [0.3, 0.4) is 0 Å². The van der Waals surface area contributed by atoms with Gasteiger partial charge < -0.3 is 9.47 Å². The Balaban J connectivity index is 2.99. The van der Waals surface area contributed by atoms with Crippen molar-refractivity contribution in [2.75, 3.05) is 20.9 Å². The molecule has 0 bridgehead atoms. The molecule has 7 heavy (non-hydrogen) atoms. The molecular weight excluding hydrogens is 99.0 g/mol. The van der Waals surface area contributed by atoms with Crippen LogP contribution in [-0.2, 0) is 9.47 Å². The minimum atomic E-state index is -0.681. The van der Waals surface area contributed by atoms with Gasteiger partial charge >= 0.3 is 0 Å². The summed E-state index contributed by atoms with van der Waals surface area (Å²) in [6, 6.07) is 0. The van der Waals surface area contributed by atoms with Crippen molar-refractivity contribution < 1.29 is 13.9 Å². The number of hydrogen-bond donors (Lipinski definition) is 0. The molecule has 0 saturated carbocycles. The first kappa shape index (κ1) is 6.85. The molecule has 2 nitrogen and oxygen atoms in total. The topological polar surface area (TPSA) is 18.5 Å². The van der Waals surface area contributed by atoms with Crippen LogP contribution >= 0.6 is 0 Å². The minimum Gasteiger partial charge on any atom is -0.353 e. The lowest BCUT2D eigenvalue weighted by Crippen LogP contribution is -2.14. The summed E-state index contributed by atoms with van der Waals surface area (Å²) < 4.78 is 20.3. The van der Waals surface area contributed by atoms with Crippen LogP contribution in [0.4, 0.5) is 4.39 Å². The van der Waals surface area contributed by atoms with Crippen molar-refractivity contribution in [2.45, 2.75) is 6.29 Å². The molecule has 3 heteroatoms. The average Bonchev–Trinajstić information content (AvgIpc) is 1.72. The standard InChI is InChI=1S/C4H9FO2/c1-6-4(3-5)7-2/h4H,3H2,1-2H3. The van der Waals surface area contributed by atoms with Crippen LogP contribution in [0.15, 0.2) is 0 Å². The Morgan fingerprint density at radius 3 is 1.86 bits per heavy atom. The summed E-state index contributed by atoms with van der Waals surface area (Å²) in [5, 5.41) is 0. The molecular formula is C4H9FO2. The van der Waals surface area contributed by atoms with Gasteiger partial charge in [-0.25, -0.2) is 4.39 Å². The van der Waals surface area contributed by atoms with Crippen molar-refractivity contribution in [2.24, 2.45) is 0 Å². The lowest BCUT2D eigenvalue weighted by atomic mass is 10.7. The number of rotatable bonds is 3. The zero-order chi connectivity index (χ0) is 5.70. The lowest BCUT2D eigenvalue weighted by molar-refractivity contribution is -0.112. The van der Waals surface area contributed by atoms with Gasteiger partial charge in [-0.15, -0.1) is 0 Å². The Morgan fingerprint density at radius 1 is 1.43 bits per heavy atom. The minimum absolute atomic E-state index is 0.590. The summed E-state index contributed by atoms with van der Waals surface area (Å²) in [6.45, 7) is -0.590. The van der Waals surface area contributed by atoms with Crippen molar-refractivity contribution in [3.05, 3.63) is 0 Å². The number of halogens is 1. The van der Waals surface area contributed by atoms with Gasteiger partial charge in [0.15, 0.2) is 6.29 Å². The normalized spacial score (nSPS) is 10.3. The molecule has 0 rings (SSSR count). The second-order valence-electron chi connectivity index (χ2n) is 1.06. The van der Waals surface area contributed by atoms with Crippen LogP contribution in [0.5, 0.6) is 0 Å². The van der Waals surface area contributed by atoms with Gasteiger partial charge in [-0.05, 0) is 0 Å². The summed E-state index contributed by atoms with van der Waals surface area (Å²) in [5.74, 6) is 0. The van der Waals surface area contributed by atoms with E-state index in [9.17, 15) is 4.39 Å². The Labute approximate surface area is 42.2 Å². The molecule has 0 unspecified atom stereocenters. The first-order valence-corrected chi connectivity index (χ1v) is 1.96. The molecule has 0 aromatic heterocycles. The largest absolute Gasteiger partial charge is 0.353 e. The quantitative estimate of drug-likeness (QED) is 0.492. The molecule has 0 radical (unpaired) electrons. The highest BCUT2D eigenvalue weighted by molar-refractivity contribution is 4.31. The van der Waals surface area contributed by atoms with Gasteiger partial charge in [0.1, 0.15) is 6.67 Å². The van der Waals surface area contributed by atoms with E-state index in [2.05, 4.69) is 9.47 Å². The van der Waals surface area contributed by atoms with E-state index in [0.717, 1.165) is 0 Å². The van der Waals surface area contributed by atoms with E-state index in [1.54, 1.807) is 0 Å². The molecule has 0 heterocycles. The number of ether oxygens (including phenoxy) is 2. The monoisotopic (exact) mass is 108 g/mol. The van der Waals surface area contributed by atoms with Crippen molar-refractivity contribution in [1.29, 1.82) is 0 Å². The first-order valence-electron chi connectivity index (χ1n) is 1.96. The van der Waals surface area contributed by atoms with Gasteiger partial charge in [-0.1, -0.05) is 0 Å². The smallest absolute Gasteiger partial charge is 0.185 e. The number of methoxy groups -OCH3 is 2. The second-order valence-corrected chi connectivity index (χ2v) is 1.06. The fourth-order valence-electron chi connectivity index (χ4n) is 0.222. The highest BCUT2D eigenvalue weighted by atomic mass is 19.1. The highest BCUT2D eigenvalue weighted by Crippen LogP contribution is 1.88. The molecule has 0 aromatic rings. The predicted octanol–water partition coefficient (Wildman–Crippen LogP) is 0.575. The maximum atomic E-state index is 11.4. The predicted molar refractivity (Wildman–Crippen MR) is 23.8 cm³/mol. The fraction of sp³-hybridized carbons (Fsp3) is 1.00. The highest BCUT2D eigenvalue weighted by Gasteiger charge is 1.99. The molecule has 0 spiro atoms. The van der Waals surface area contributed by atoms with Crippen molar-refractivity contribution in [3.63, 3.8) is 0 Å². The van der Waals surface area contributed by atoms with E-state index in [0.29, 0.717) is 0 Å². The van der Waals surface area contributed by atoms with Gasteiger partial charge in [0.25, 0.3) is 0 Å². The van der Waals surface area contributed by atoms with E-state index < -0.39 is 13.0 Å². The third-order valence-electron chi connectivity index (χ3n) is 0.652. The van der Waals surface area contributed by atoms with Gasteiger partial charge in [0.2, 0.25) is 0 Å². The third kappa shape index (κ3) is 2.53. The first-order chi connectivity index (χ1) is 3.35. The Morgan fingerprint density at radius 2 is 1.86 bits per heavy atom. The van der Waals surface area contributed by atoms with Crippen LogP contribution in [-0.4, -0.2) is 27.2 Å². The molecule has 44 valence electrons. The summed E-state index contributed by atoms with van der Waals surface area (Å²) in [6.07, 6.45) is -0.681. The van der Waals surface area contributed by atoms with E-state index in [-0.39, 0.29) is 0 Å². The zero-order valence-electron chi connectivity index (χ0n) is 4.48. The lowest BCUT2D eigenvalue weighted by Gasteiger charge is -2.05. The SMILES string of the molecule is COC(CF)OC. The summed E-state index contributed by atoms with van der Waals surface area (Å²) in [4.78, 5) is 0. The summed E-state index contributed by atoms with van der Waals surface area (Å²) in [5.41, 5.74) is 0. The van der Waals surface area contributed by atoms with E-state index in [1.165, 1.54) is 14.2 Å². The Hall–Kier alpha value is -0.150. The Bertz CT molecular complexity index is 31.2. The summed E-state index contributed by atoms with van der Waals surface area (Å²) in [7, 11) is 2.79. The molecule has 0 aliphatic rings. The van der Waals surface area contributed by atoms with Gasteiger partial charge in [-0.2, -0.15) is 0 Å². The van der Waals surface area contributed by atoms with Crippen molar-refractivity contribution in [3.8, 4) is 0 Å². The molecule has 0 N–H and O–H groups in total. The van der Waals surface area contributed by atoms with Crippen LogP contribution in [0.1, 0.15) is 0 Å². The van der Waals surface area contributed by atoms with Gasteiger partial charge in [-0.3, -0.25) is 0 Å². The van der Waals surface area contributed by atoms with Gasteiger partial charge in [0, 0.05) is 14.2 Å². The number of alkyl halides is 1. The molecule has 0 aliphatic carbocycles. The van der Waals surface area contributed by atoms with E-state index >= 15 is 0 Å². The van der Waals surface area contributed by atoms with Crippen molar-refractivity contribution >= 4 is 0 Å². The maximum absolute atomic E-state index is 11.4. The number of hydrogen-bond acceptors (Lipinski definition) is 2. The van der Waals surface area contributed by atoms with Gasteiger partial charge in [0.05, 0.1) is 0 Å². The molecule has 0 saturated heterocycles.